The Morgan fingerprint density at radius 1 is 1.00 bits per heavy atom. The van der Waals surface area contributed by atoms with Gasteiger partial charge in [0.15, 0.2) is 0 Å². The standard InChI is InChI=1S/C28H27F3N8O2S/c1-36-24(19-5-7-20(8-6-19)28(29,30)31)15-22(34-36)25-32-33-27-39(25)35-23(17-42-27)26(40)38-13-11-37(12-14-38)16-18-3-9-21(41-2)10-4-18/h3-10,15H,11-14,16-17H2,1-2H3. The first-order valence-electron chi connectivity index (χ1n) is 13.2. The topological polar surface area (TPSA) is 93.7 Å². The Balaban J connectivity index is 1.15. The van der Waals surface area contributed by atoms with Crippen molar-refractivity contribution in [3.63, 3.8) is 0 Å². The van der Waals surface area contributed by atoms with E-state index in [-0.39, 0.29) is 5.91 Å². The van der Waals surface area contributed by atoms with E-state index in [1.54, 1.807) is 24.9 Å². The largest absolute Gasteiger partial charge is 0.497 e. The molecule has 2 aromatic heterocycles. The van der Waals surface area contributed by atoms with Gasteiger partial charge < -0.3 is 9.64 Å². The molecule has 0 bridgehead atoms. The van der Waals surface area contributed by atoms with Crippen molar-refractivity contribution < 1.29 is 22.7 Å². The minimum Gasteiger partial charge on any atom is -0.497 e. The van der Waals surface area contributed by atoms with Crippen molar-refractivity contribution in [2.45, 2.75) is 17.9 Å². The number of amides is 1. The molecule has 0 N–H and O–H groups in total. The number of alkyl halides is 3. The van der Waals surface area contributed by atoms with E-state index < -0.39 is 11.7 Å². The van der Waals surface area contributed by atoms with E-state index in [4.69, 9.17) is 4.74 Å². The number of halogens is 3. The van der Waals surface area contributed by atoms with E-state index in [0.717, 1.165) is 37.5 Å². The first-order valence-corrected chi connectivity index (χ1v) is 14.2. The number of benzene rings is 2. The number of ether oxygens (including phenoxy) is 1. The average molecular weight is 597 g/mol. The normalized spacial score (nSPS) is 15.8. The van der Waals surface area contributed by atoms with Crippen molar-refractivity contribution in [3.05, 3.63) is 65.7 Å². The molecule has 1 fully saturated rings. The molecular formula is C28H27F3N8O2S. The van der Waals surface area contributed by atoms with E-state index in [0.29, 0.717) is 52.5 Å². The number of methoxy groups -OCH3 is 1. The Kier molecular flexibility index (Phi) is 7.49. The number of aromatic nitrogens is 5. The van der Waals surface area contributed by atoms with Crippen LogP contribution in [-0.2, 0) is 24.6 Å². The van der Waals surface area contributed by atoms with E-state index in [1.165, 1.54) is 34.1 Å². The second-order valence-electron chi connectivity index (χ2n) is 9.98. The lowest BCUT2D eigenvalue weighted by Crippen LogP contribution is -2.50. The Hall–Kier alpha value is -4.17. The average Bonchev–Trinajstić information content (AvgIpc) is 3.60. The number of hydrogen-bond donors (Lipinski definition) is 0. The second kappa shape index (κ2) is 11.2. The summed E-state index contributed by atoms with van der Waals surface area (Å²) in [5.74, 6) is 1.42. The Morgan fingerprint density at radius 2 is 1.71 bits per heavy atom. The van der Waals surface area contributed by atoms with E-state index in [2.05, 4.69) is 25.3 Å². The number of carbonyl (C=O) groups is 1. The molecule has 0 atom stereocenters. The summed E-state index contributed by atoms with van der Waals surface area (Å²) in [7, 11) is 3.35. The summed E-state index contributed by atoms with van der Waals surface area (Å²) in [5, 5.41) is 18.1. The van der Waals surface area contributed by atoms with Crippen LogP contribution in [0.4, 0.5) is 13.2 Å². The molecule has 6 rings (SSSR count). The number of nitrogens with zero attached hydrogens (tertiary/aromatic N) is 8. The lowest BCUT2D eigenvalue weighted by Gasteiger charge is -2.35. The third-order valence-corrected chi connectivity index (χ3v) is 8.19. The molecule has 0 aliphatic carbocycles. The van der Waals surface area contributed by atoms with Crippen LogP contribution in [0.1, 0.15) is 11.1 Å². The first kappa shape index (κ1) is 28.0. The van der Waals surface area contributed by atoms with Crippen molar-refractivity contribution >= 4 is 23.4 Å². The number of rotatable bonds is 6. The summed E-state index contributed by atoms with van der Waals surface area (Å²) in [4.78, 5) is 17.5. The summed E-state index contributed by atoms with van der Waals surface area (Å²) in [5.41, 5.74) is 2.48. The molecule has 42 heavy (non-hydrogen) atoms. The fraction of sp³-hybridized carbons (Fsp3) is 0.321. The molecule has 4 heterocycles. The van der Waals surface area contributed by atoms with E-state index in [9.17, 15) is 18.0 Å². The molecule has 2 aliphatic rings. The van der Waals surface area contributed by atoms with Crippen LogP contribution in [0.15, 0.2) is 64.9 Å². The van der Waals surface area contributed by atoms with E-state index >= 15 is 0 Å². The zero-order valence-electron chi connectivity index (χ0n) is 22.9. The monoisotopic (exact) mass is 596 g/mol. The zero-order valence-corrected chi connectivity index (χ0v) is 23.7. The SMILES string of the molecule is COc1ccc(CN2CCN(C(=O)C3=Nn4c(nnc4-c4cc(-c5ccc(C(F)(F)F)cc5)n(C)n4)SC3)CC2)cc1. The first-order chi connectivity index (χ1) is 20.2. The lowest BCUT2D eigenvalue weighted by molar-refractivity contribution is -0.137. The van der Waals surface area contributed by atoms with Crippen LogP contribution in [0.3, 0.4) is 0 Å². The van der Waals surface area contributed by atoms with Crippen LogP contribution in [0.5, 0.6) is 5.75 Å². The van der Waals surface area contributed by atoms with Gasteiger partial charge in [0, 0.05) is 39.8 Å². The van der Waals surface area contributed by atoms with Gasteiger partial charge in [-0.05, 0) is 41.5 Å². The van der Waals surface area contributed by atoms with Gasteiger partial charge in [0.25, 0.3) is 5.91 Å². The van der Waals surface area contributed by atoms with Gasteiger partial charge >= 0.3 is 6.18 Å². The molecule has 10 nitrogen and oxygen atoms in total. The number of aryl methyl sites for hydroxylation is 1. The highest BCUT2D eigenvalue weighted by Gasteiger charge is 2.31. The third kappa shape index (κ3) is 5.63. The molecular weight excluding hydrogens is 569 g/mol. The highest BCUT2D eigenvalue weighted by molar-refractivity contribution is 8.00. The second-order valence-corrected chi connectivity index (χ2v) is 10.9. The zero-order chi connectivity index (χ0) is 29.4. The van der Waals surface area contributed by atoms with Crippen LogP contribution in [0, 0.1) is 0 Å². The maximum atomic E-state index is 13.4. The van der Waals surface area contributed by atoms with E-state index in [1.807, 2.05) is 29.2 Å². The van der Waals surface area contributed by atoms with Crippen LogP contribution in [-0.4, -0.2) is 85.1 Å². The maximum Gasteiger partial charge on any atom is 0.416 e. The predicted molar refractivity (Wildman–Crippen MR) is 151 cm³/mol. The molecule has 4 aromatic rings. The van der Waals surface area contributed by atoms with Gasteiger partial charge in [0.1, 0.15) is 17.2 Å². The smallest absolute Gasteiger partial charge is 0.416 e. The lowest BCUT2D eigenvalue weighted by atomic mass is 10.1. The fourth-order valence-corrected chi connectivity index (χ4v) is 5.74. The molecule has 1 saturated heterocycles. The molecule has 14 heteroatoms. The van der Waals surface area contributed by atoms with Gasteiger partial charge in [0.2, 0.25) is 11.0 Å². The number of thioether (sulfide) groups is 1. The summed E-state index contributed by atoms with van der Waals surface area (Å²) in [6, 6.07) is 14.6. The molecule has 218 valence electrons. The third-order valence-electron chi connectivity index (χ3n) is 7.26. The van der Waals surface area contributed by atoms with Crippen LogP contribution in [0.25, 0.3) is 22.8 Å². The van der Waals surface area contributed by atoms with Gasteiger partial charge in [-0.1, -0.05) is 36.0 Å². The van der Waals surface area contributed by atoms with Gasteiger partial charge in [-0.3, -0.25) is 14.4 Å². The molecule has 2 aliphatic heterocycles. The van der Waals surface area contributed by atoms with Crippen LogP contribution in [0.2, 0.25) is 0 Å². The minimum atomic E-state index is -4.41. The van der Waals surface area contributed by atoms with Gasteiger partial charge in [-0.2, -0.15) is 28.0 Å². The quantitative estimate of drug-likeness (QED) is 0.332. The highest BCUT2D eigenvalue weighted by Crippen LogP contribution is 2.33. The van der Waals surface area contributed by atoms with Crippen molar-refractivity contribution in [2.75, 3.05) is 39.0 Å². The Bertz CT molecular complexity index is 1620. The van der Waals surface area contributed by atoms with Crippen molar-refractivity contribution in [3.8, 4) is 28.5 Å². The van der Waals surface area contributed by atoms with Crippen LogP contribution < -0.4 is 4.74 Å². The number of fused-ring (bicyclic) bond motifs is 1. The van der Waals surface area contributed by atoms with Crippen molar-refractivity contribution in [2.24, 2.45) is 12.1 Å². The summed E-state index contributed by atoms with van der Waals surface area (Å²) in [6.07, 6.45) is -4.41. The highest BCUT2D eigenvalue weighted by atomic mass is 32.2. The van der Waals surface area contributed by atoms with Crippen molar-refractivity contribution in [1.29, 1.82) is 0 Å². The van der Waals surface area contributed by atoms with Gasteiger partial charge in [-0.25, -0.2) is 0 Å². The molecule has 1 amide bonds. The predicted octanol–water partition coefficient (Wildman–Crippen LogP) is 4.03. The summed E-state index contributed by atoms with van der Waals surface area (Å²) in [6.45, 7) is 3.49. The molecule has 0 radical (unpaired) electrons. The molecule has 0 spiro atoms. The van der Waals surface area contributed by atoms with Crippen molar-refractivity contribution in [1.82, 2.24) is 34.5 Å². The molecule has 0 saturated carbocycles. The van der Waals surface area contributed by atoms with Gasteiger partial charge in [-0.15, -0.1) is 10.2 Å². The summed E-state index contributed by atoms with van der Waals surface area (Å²) >= 11 is 1.37. The minimum absolute atomic E-state index is 0.122. The van der Waals surface area contributed by atoms with Crippen LogP contribution >= 0.6 is 11.8 Å². The fourth-order valence-electron chi connectivity index (χ4n) is 4.95. The Morgan fingerprint density at radius 3 is 2.38 bits per heavy atom. The number of carbonyl (C=O) groups excluding carboxylic acids is 1. The number of hydrogen-bond acceptors (Lipinski definition) is 8. The summed E-state index contributed by atoms with van der Waals surface area (Å²) < 4.78 is 47.3. The molecule has 0 unspecified atom stereocenters. The maximum absolute atomic E-state index is 13.4. The number of piperazine rings is 1. The Labute approximate surface area is 243 Å². The molecule has 2 aromatic carbocycles. The van der Waals surface area contributed by atoms with Gasteiger partial charge in [0.05, 0.1) is 24.1 Å².